The molecule has 0 aromatic heterocycles. The van der Waals surface area contributed by atoms with Crippen molar-refractivity contribution in [3.8, 4) is 11.5 Å². The lowest BCUT2D eigenvalue weighted by Gasteiger charge is -2.26. The van der Waals surface area contributed by atoms with E-state index in [9.17, 15) is 13.2 Å². The van der Waals surface area contributed by atoms with Gasteiger partial charge in [0.2, 0.25) is 10.0 Å². The van der Waals surface area contributed by atoms with Crippen LogP contribution < -0.4 is 14.8 Å². The molecule has 168 valence electrons. The highest BCUT2D eigenvalue weighted by atomic mass is 32.2. The Morgan fingerprint density at radius 1 is 1.06 bits per heavy atom. The average molecular weight is 449 g/mol. The zero-order valence-corrected chi connectivity index (χ0v) is 18.6. The molecule has 0 aliphatic carbocycles. The van der Waals surface area contributed by atoms with Gasteiger partial charge in [-0.15, -0.1) is 0 Å². The minimum Gasteiger partial charge on any atom is -0.492 e. The van der Waals surface area contributed by atoms with E-state index in [2.05, 4.69) is 5.32 Å². The van der Waals surface area contributed by atoms with Crippen LogP contribution in [0.5, 0.6) is 11.5 Å². The van der Waals surface area contributed by atoms with E-state index in [0.29, 0.717) is 44.3 Å². The zero-order chi connectivity index (χ0) is 22.3. The molecule has 0 spiro atoms. The standard InChI is InChI=1S/C22H28N2O6S/c1-17-4-3-5-21(18(17)2)30-16-22(25)23-10-13-29-19-6-8-20(9-7-19)31(26,27)24-11-14-28-15-12-24/h3-9H,10-16H2,1-2H3,(H,23,25). The summed E-state index contributed by atoms with van der Waals surface area (Å²) in [7, 11) is -3.52. The summed E-state index contributed by atoms with van der Waals surface area (Å²) in [4.78, 5) is 12.2. The lowest BCUT2D eigenvalue weighted by Crippen LogP contribution is -2.40. The molecule has 0 bridgehead atoms. The van der Waals surface area contributed by atoms with Crippen molar-refractivity contribution >= 4 is 15.9 Å². The topological polar surface area (TPSA) is 94.2 Å². The van der Waals surface area contributed by atoms with Crippen molar-refractivity contribution in [1.82, 2.24) is 9.62 Å². The fourth-order valence-corrected chi connectivity index (χ4v) is 4.49. The molecule has 1 fully saturated rings. The van der Waals surface area contributed by atoms with Gasteiger partial charge >= 0.3 is 0 Å². The Balaban J connectivity index is 1.40. The second-order valence-corrected chi connectivity index (χ2v) is 9.11. The summed E-state index contributed by atoms with van der Waals surface area (Å²) >= 11 is 0. The molecule has 8 nitrogen and oxygen atoms in total. The lowest BCUT2D eigenvalue weighted by atomic mass is 10.1. The van der Waals surface area contributed by atoms with E-state index in [-0.39, 0.29) is 24.0 Å². The van der Waals surface area contributed by atoms with Crippen molar-refractivity contribution in [3.63, 3.8) is 0 Å². The fraction of sp³-hybridized carbons (Fsp3) is 0.409. The third-order valence-corrected chi connectivity index (χ3v) is 6.95. The Morgan fingerprint density at radius 3 is 2.48 bits per heavy atom. The number of hydrogen-bond donors (Lipinski definition) is 1. The first-order chi connectivity index (χ1) is 14.9. The van der Waals surface area contributed by atoms with Crippen LogP contribution in [0, 0.1) is 13.8 Å². The van der Waals surface area contributed by atoms with Gasteiger partial charge in [-0.3, -0.25) is 4.79 Å². The second-order valence-electron chi connectivity index (χ2n) is 7.17. The number of morpholine rings is 1. The van der Waals surface area contributed by atoms with Gasteiger partial charge in [-0.05, 0) is 55.3 Å². The molecular weight excluding hydrogens is 420 g/mol. The monoisotopic (exact) mass is 448 g/mol. The van der Waals surface area contributed by atoms with Gasteiger partial charge in [0.1, 0.15) is 18.1 Å². The minimum absolute atomic E-state index is 0.0710. The van der Waals surface area contributed by atoms with Gasteiger partial charge in [0.15, 0.2) is 6.61 Å². The number of amides is 1. The smallest absolute Gasteiger partial charge is 0.258 e. The quantitative estimate of drug-likeness (QED) is 0.589. The number of nitrogens with zero attached hydrogens (tertiary/aromatic N) is 1. The maximum absolute atomic E-state index is 12.6. The molecule has 0 saturated carbocycles. The maximum Gasteiger partial charge on any atom is 0.258 e. The van der Waals surface area contributed by atoms with Gasteiger partial charge in [0.05, 0.1) is 24.7 Å². The third kappa shape index (κ3) is 6.19. The van der Waals surface area contributed by atoms with E-state index in [1.54, 1.807) is 12.1 Å². The molecule has 31 heavy (non-hydrogen) atoms. The molecule has 0 atom stereocenters. The second kappa shape index (κ2) is 10.6. The summed E-state index contributed by atoms with van der Waals surface area (Å²) in [6.07, 6.45) is 0. The van der Waals surface area contributed by atoms with E-state index in [0.717, 1.165) is 11.1 Å². The van der Waals surface area contributed by atoms with Crippen molar-refractivity contribution < 1.29 is 27.4 Å². The molecule has 1 saturated heterocycles. The Morgan fingerprint density at radius 2 is 1.77 bits per heavy atom. The minimum atomic E-state index is -3.52. The molecule has 0 radical (unpaired) electrons. The number of hydrogen-bond acceptors (Lipinski definition) is 6. The van der Waals surface area contributed by atoms with Gasteiger partial charge in [0, 0.05) is 13.1 Å². The van der Waals surface area contributed by atoms with Gasteiger partial charge in [-0.25, -0.2) is 8.42 Å². The van der Waals surface area contributed by atoms with Crippen LogP contribution in [0.3, 0.4) is 0 Å². The number of benzene rings is 2. The van der Waals surface area contributed by atoms with E-state index in [4.69, 9.17) is 14.2 Å². The Hall–Kier alpha value is -2.62. The summed E-state index contributed by atoms with van der Waals surface area (Å²) in [5.74, 6) is 0.983. The van der Waals surface area contributed by atoms with Gasteiger partial charge in [-0.1, -0.05) is 12.1 Å². The maximum atomic E-state index is 12.6. The molecule has 9 heteroatoms. The SMILES string of the molecule is Cc1cccc(OCC(=O)NCCOc2ccc(S(=O)(=O)N3CCOCC3)cc2)c1C. The number of ether oxygens (including phenoxy) is 3. The molecule has 1 amide bonds. The number of carbonyl (C=O) groups excluding carboxylic acids is 1. The lowest BCUT2D eigenvalue weighted by molar-refractivity contribution is -0.123. The van der Waals surface area contributed by atoms with E-state index >= 15 is 0 Å². The van der Waals surface area contributed by atoms with Crippen LogP contribution in [0.4, 0.5) is 0 Å². The van der Waals surface area contributed by atoms with Crippen molar-refractivity contribution in [2.24, 2.45) is 0 Å². The first-order valence-corrected chi connectivity index (χ1v) is 11.6. The highest BCUT2D eigenvalue weighted by Gasteiger charge is 2.26. The molecular formula is C22H28N2O6S. The fourth-order valence-electron chi connectivity index (χ4n) is 3.08. The molecule has 2 aromatic rings. The number of aryl methyl sites for hydroxylation is 1. The van der Waals surface area contributed by atoms with E-state index < -0.39 is 10.0 Å². The average Bonchev–Trinajstić information content (AvgIpc) is 2.78. The zero-order valence-electron chi connectivity index (χ0n) is 17.8. The predicted octanol–water partition coefficient (Wildman–Crippen LogP) is 1.90. The normalized spacial score (nSPS) is 14.8. The Labute approximate surface area is 183 Å². The van der Waals surface area contributed by atoms with Crippen molar-refractivity contribution in [1.29, 1.82) is 0 Å². The summed E-state index contributed by atoms with van der Waals surface area (Å²) in [5, 5.41) is 2.73. The first-order valence-electron chi connectivity index (χ1n) is 10.1. The highest BCUT2D eigenvalue weighted by Crippen LogP contribution is 2.21. The van der Waals surface area contributed by atoms with Gasteiger partial charge in [0.25, 0.3) is 5.91 Å². The first kappa shape index (κ1) is 23.1. The van der Waals surface area contributed by atoms with Crippen LogP contribution in [-0.4, -0.2) is 64.7 Å². The number of carbonyl (C=O) groups is 1. The Kier molecular flexibility index (Phi) is 7.89. The number of rotatable bonds is 9. The Bertz CT molecular complexity index is 986. The number of nitrogens with one attached hydrogen (secondary N) is 1. The van der Waals surface area contributed by atoms with Crippen LogP contribution >= 0.6 is 0 Å². The molecule has 3 rings (SSSR count). The molecule has 2 aromatic carbocycles. The van der Waals surface area contributed by atoms with Crippen LogP contribution in [0.2, 0.25) is 0 Å². The molecule has 1 N–H and O–H groups in total. The predicted molar refractivity (Wildman–Crippen MR) is 116 cm³/mol. The van der Waals surface area contributed by atoms with Crippen molar-refractivity contribution in [2.75, 3.05) is 46.1 Å². The van der Waals surface area contributed by atoms with E-state index in [1.165, 1.54) is 16.4 Å². The van der Waals surface area contributed by atoms with Gasteiger partial charge in [-0.2, -0.15) is 4.31 Å². The third-order valence-electron chi connectivity index (χ3n) is 5.04. The van der Waals surface area contributed by atoms with Crippen LogP contribution in [0.25, 0.3) is 0 Å². The van der Waals surface area contributed by atoms with Crippen LogP contribution in [-0.2, 0) is 19.6 Å². The largest absolute Gasteiger partial charge is 0.492 e. The van der Waals surface area contributed by atoms with Crippen LogP contribution in [0.15, 0.2) is 47.4 Å². The van der Waals surface area contributed by atoms with Crippen LogP contribution in [0.1, 0.15) is 11.1 Å². The summed E-state index contributed by atoms with van der Waals surface area (Å²) in [6, 6.07) is 12.0. The molecule has 0 unspecified atom stereocenters. The molecule has 1 aliphatic heterocycles. The highest BCUT2D eigenvalue weighted by molar-refractivity contribution is 7.89. The summed E-state index contributed by atoms with van der Waals surface area (Å²) in [6.45, 7) is 5.95. The van der Waals surface area contributed by atoms with Crippen molar-refractivity contribution in [3.05, 3.63) is 53.6 Å². The van der Waals surface area contributed by atoms with E-state index in [1.807, 2.05) is 32.0 Å². The van der Waals surface area contributed by atoms with Crippen molar-refractivity contribution in [2.45, 2.75) is 18.7 Å². The summed E-state index contributed by atoms with van der Waals surface area (Å²) < 4.78 is 43.0. The summed E-state index contributed by atoms with van der Waals surface area (Å²) in [5.41, 5.74) is 2.12. The molecule has 1 heterocycles. The van der Waals surface area contributed by atoms with Gasteiger partial charge < -0.3 is 19.5 Å². The molecule has 1 aliphatic rings. The number of sulfonamides is 1.